The van der Waals surface area contributed by atoms with E-state index in [1.165, 1.54) is 19.3 Å². The van der Waals surface area contributed by atoms with Crippen molar-refractivity contribution >= 4 is 5.78 Å². The molecule has 2 heteroatoms. The monoisotopic (exact) mass is 183 g/mol. The van der Waals surface area contributed by atoms with Crippen LogP contribution < -0.4 is 5.32 Å². The van der Waals surface area contributed by atoms with E-state index in [9.17, 15) is 4.79 Å². The number of rotatable bonds is 7. The maximum absolute atomic E-state index is 11.3. The number of carbonyl (C=O) groups excluding carboxylic acids is 1. The van der Waals surface area contributed by atoms with Crippen LogP contribution in [0.2, 0.25) is 0 Å². The molecule has 2 nitrogen and oxygen atoms in total. The quantitative estimate of drug-likeness (QED) is 0.655. The highest BCUT2D eigenvalue weighted by molar-refractivity contribution is 5.80. The number of ketones is 1. The van der Waals surface area contributed by atoms with E-state index in [2.05, 4.69) is 19.2 Å². The van der Waals surface area contributed by atoms with E-state index in [1.807, 2.05) is 0 Å². The van der Waals surface area contributed by atoms with Gasteiger partial charge in [0.2, 0.25) is 0 Å². The van der Waals surface area contributed by atoms with Crippen molar-refractivity contribution in [1.82, 2.24) is 5.32 Å². The molecule has 0 atom stereocenters. The molecule has 0 amide bonds. The zero-order chi connectivity index (χ0) is 9.68. The lowest BCUT2D eigenvalue weighted by Gasteiger charge is -2.04. The molecule has 0 aromatic carbocycles. The first-order chi connectivity index (χ1) is 6.18. The molecule has 1 saturated carbocycles. The van der Waals surface area contributed by atoms with Gasteiger partial charge in [-0.15, -0.1) is 0 Å². The van der Waals surface area contributed by atoms with Crippen molar-refractivity contribution in [2.75, 3.05) is 6.54 Å². The van der Waals surface area contributed by atoms with Crippen LogP contribution in [0.3, 0.4) is 0 Å². The van der Waals surface area contributed by atoms with Crippen LogP contribution in [0.25, 0.3) is 0 Å². The van der Waals surface area contributed by atoms with Crippen LogP contribution in [0.15, 0.2) is 0 Å². The molecule has 0 aromatic rings. The number of Topliss-reactive ketones (excluding diaryl/α,β-unsaturated/α-hetero) is 1. The third-order valence-electron chi connectivity index (χ3n) is 2.40. The summed E-state index contributed by atoms with van der Waals surface area (Å²) < 4.78 is 0. The van der Waals surface area contributed by atoms with E-state index >= 15 is 0 Å². The first kappa shape index (κ1) is 10.7. The summed E-state index contributed by atoms with van der Waals surface area (Å²) in [5.41, 5.74) is 0. The van der Waals surface area contributed by atoms with E-state index in [4.69, 9.17) is 0 Å². The second-order valence-corrected chi connectivity index (χ2v) is 4.48. The maximum Gasteiger partial charge on any atom is 0.146 e. The molecular weight excluding hydrogens is 162 g/mol. The molecule has 0 heterocycles. The van der Waals surface area contributed by atoms with Crippen molar-refractivity contribution in [2.24, 2.45) is 5.92 Å². The summed E-state index contributed by atoms with van der Waals surface area (Å²) in [6, 6.07) is 0.661. The highest BCUT2D eigenvalue weighted by Gasteiger charge is 2.20. The van der Waals surface area contributed by atoms with Crippen LogP contribution in [0.5, 0.6) is 0 Å². The molecule has 0 aliphatic heterocycles. The minimum atomic E-state index is 0.382. The Hall–Kier alpha value is -0.370. The normalized spacial score (nSPS) is 16.5. The van der Waals surface area contributed by atoms with Gasteiger partial charge in [-0.1, -0.05) is 20.3 Å². The Bertz CT molecular complexity index is 161. The Balaban J connectivity index is 1.90. The number of hydrogen-bond donors (Lipinski definition) is 1. The van der Waals surface area contributed by atoms with Crippen LogP contribution in [-0.2, 0) is 4.79 Å². The van der Waals surface area contributed by atoms with Crippen molar-refractivity contribution in [1.29, 1.82) is 0 Å². The van der Waals surface area contributed by atoms with Gasteiger partial charge in [0.05, 0.1) is 6.54 Å². The predicted molar refractivity (Wildman–Crippen MR) is 54.7 cm³/mol. The lowest BCUT2D eigenvalue weighted by Crippen LogP contribution is -2.24. The van der Waals surface area contributed by atoms with Gasteiger partial charge in [-0.25, -0.2) is 0 Å². The van der Waals surface area contributed by atoms with Crippen molar-refractivity contribution in [3.63, 3.8) is 0 Å². The number of carbonyl (C=O) groups is 1. The zero-order valence-electron chi connectivity index (χ0n) is 8.81. The molecule has 0 spiro atoms. The van der Waals surface area contributed by atoms with E-state index in [-0.39, 0.29) is 0 Å². The average Bonchev–Trinajstić information content (AvgIpc) is 2.83. The third-order valence-corrected chi connectivity index (χ3v) is 2.40. The molecule has 0 radical (unpaired) electrons. The highest BCUT2D eigenvalue weighted by atomic mass is 16.1. The van der Waals surface area contributed by atoms with Crippen LogP contribution >= 0.6 is 0 Å². The Labute approximate surface area is 81.1 Å². The van der Waals surface area contributed by atoms with Crippen molar-refractivity contribution in [2.45, 2.75) is 52.0 Å². The first-order valence-electron chi connectivity index (χ1n) is 5.43. The van der Waals surface area contributed by atoms with Gasteiger partial charge in [0, 0.05) is 12.5 Å². The van der Waals surface area contributed by atoms with Gasteiger partial charge in [-0.3, -0.25) is 4.79 Å². The summed E-state index contributed by atoms with van der Waals surface area (Å²) in [6.07, 6.45) is 5.52. The van der Waals surface area contributed by atoms with E-state index in [0.717, 1.165) is 18.8 Å². The zero-order valence-corrected chi connectivity index (χ0v) is 8.81. The molecule has 76 valence electrons. The summed E-state index contributed by atoms with van der Waals surface area (Å²) in [5.74, 6) is 1.11. The summed E-state index contributed by atoms with van der Waals surface area (Å²) in [7, 11) is 0. The molecule has 0 unspecified atom stereocenters. The molecule has 1 fully saturated rings. The predicted octanol–water partition coefficient (Wildman–Crippen LogP) is 2.13. The summed E-state index contributed by atoms with van der Waals surface area (Å²) in [4.78, 5) is 11.3. The molecular formula is C11H21NO. The van der Waals surface area contributed by atoms with Gasteiger partial charge in [-0.05, 0) is 25.2 Å². The minimum absolute atomic E-state index is 0.382. The topological polar surface area (TPSA) is 29.1 Å². The largest absolute Gasteiger partial charge is 0.307 e. The number of nitrogens with one attached hydrogen (secondary N) is 1. The molecule has 1 aliphatic carbocycles. The number of hydrogen-bond acceptors (Lipinski definition) is 2. The molecule has 0 saturated heterocycles. The summed E-state index contributed by atoms with van der Waals surface area (Å²) in [6.45, 7) is 5.00. The molecule has 1 N–H and O–H groups in total. The van der Waals surface area contributed by atoms with Crippen LogP contribution in [0, 0.1) is 5.92 Å². The van der Waals surface area contributed by atoms with Crippen LogP contribution in [-0.4, -0.2) is 18.4 Å². The Morgan fingerprint density at radius 1 is 1.46 bits per heavy atom. The average molecular weight is 183 g/mol. The van der Waals surface area contributed by atoms with Gasteiger partial charge < -0.3 is 5.32 Å². The Morgan fingerprint density at radius 3 is 2.69 bits per heavy atom. The molecule has 1 rings (SSSR count). The second kappa shape index (κ2) is 5.38. The van der Waals surface area contributed by atoms with Gasteiger partial charge in [0.15, 0.2) is 0 Å². The lowest BCUT2D eigenvalue weighted by atomic mass is 10.1. The van der Waals surface area contributed by atoms with Gasteiger partial charge >= 0.3 is 0 Å². The summed E-state index contributed by atoms with van der Waals surface area (Å²) >= 11 is 0. The minimum Gasteiger partial charge on any atom is -0.307 e. The smallest absolute Gasteiger partial charge is 0.146 e. The summed E-state index contributed by atoms with van der Waals surface area (Å²) in [5, 5.41) is 3.24. The van der Waals surface area contributed by atoms with Crippen molar-refractivity contribution in [3.8, 4) is 0 Å². The second-order valence-electron chi connectivity index (χ2n) is 4.48. The van der Waals surface area contributed by atoms with Crippen LogP contribution in [0.1, 0.15) is 46.0 Å². The maximum atomic E-state index is 11.3. The standard InChI is InChI=1S/C11H21NO/c1-9(2)4-3-5-11(13)8-12-10-6-7-10/h9-10,12H,3-8H2,1-2H3. The van der Waals surface area contributed by atoms with Crippen LogP contribution in [0.4, 0.5) is 0 Å². The molecule has 1 aliphatic rings. The fraction of sp³-hybridized carbons (Fsp3) is 0.909. The molecule has 0 aromatic heterocycles. The van der Waals surface area contributed by atoms with Crippen molar-refractivity contribution in [3.05, 3.63) is 0 Å². The van der Waals surface area contributed by atoms with E-state index < -0.39 is 0 Å². The fourth-order valence-corrected chi connectivity index (χ4v) is 1.34. The molecule has 0 bridgehead atoms. The van der Waals surface area contributed by atoms with E-state index in [0.29, 0.717) is 18.4 Å². The fourth-order valence-electron chi connectivity index (χ4n) is 1.34. The highest BCUT2D eigenvalue weighted by Crippen LogP contribution is 2.18. The van der Waals surface area contributed by atoms with Gasteiger partial charge in [-0.2, -0.15) is 0 Å². The Kier molecular flexibility index (Phi) is 4.43. The van der Waals surface area contributed by atoms with Gasteiger partial charge in [0.1, 0.15) is 5.78 Å². The molecule has 13 heavy (non-hydrogen) atoms. The van der Waals surface area contributed by atoms with E-state index in [1.54, 1.807) is 0 Å². The van der Waals surface area contributed by atoms with Gasteiger partial charge in [0.25, 0.3) is 0 Å². The van der Waals surface area contributed by atoms with Crippen molar-refractivity contribution < 1.29 is 4.79 Å². The SMILES string of the molecule is CC(C)CCCC(=O)CNC1CC1. The lowest BCUT2D eigenvalue weighted by molar-refractivity contribution is -0.118. The first-order valence-corrected chi connectivity index (χ1v) is 5.43. The Morgan fingerprint density at radius 2 is 2.15 bits per heavy atom. The third kappa shape index (κ3) is 5.81.